The van der Waals surface area contributed by atoms with Crippen LogP contribution in [-0.4, -0.2) is 18.8 Å². The smallest absolute Gasteiger partial charge is 0.0618 e. The highest BCUT2D eigenvalue weighted by Crippen LogP contribution is 2.51. The van der Waals surface area contributed by atoms with Crippen LogP contribution in [0.1, 0.15) is 19.3 Å². The molecule has 1 unspecified atom stereocenters. The van der Waals surface area contributed by atoms with Gasteiger partial charge in [0.1, 0.15) is 0 Å². The van der Waals surface area contributed by atoms with Crippen molar-refractivity contribution in [3.8, 4) is 0 Å². The van der Waals surface area contributed by atoms with Crippen molar-refractivity contribution >= 4 is 0 Å². The summed E-state index contributed by atoms with van der Waals surface area (Å²) in [5.74, 6) is 0.792. The summed E-state index contributed by atoms with van der Waals surface area (Å²) in [6, 6.07) is 0. The number of hydrogen-bond donors (Lipinski definition) is 1. The maximum absolute atomic E-state index is 5.93. The molecule has 2 nitrogen and oxygen atoms in total. The van der Waals surface area contributed by atoms with Crippen LogP contribution in [0.2, 0.25) is 0 Å². The Kier molecular flexibility index (Phi) is 0.945. The van der Waals surface area contributed by atoms with Crippen molar-refractivity contribution in [3.63, 3.8) is 0 Å². The van der Waals surface area contributed by atoms with Crippen LogP contribution in [-0.2, 0) is 4.74 Å². The Morgan fingerprint density at radius 2 is 2.11 bits per heavy atom. The molecule has 0 amide bonds. The van der Waals surface area contributed by atoms with E-state index in [-0.39, 0.29) is 5.54 Å². The lowest BCUT2D eigenvalue weighted by Crippen LogP contribution is -2.44. The molecule has 3 fully saturated rings. The van der Waals surface area contributed by atoms with Gasteiger partial charge in [-0.3, -0.25) is 0 Å². The van der Waals surface area contributed by atoms with E-state index in [2.05, 4.69) is 0 Å². The number of hydrogen-bond acceptors (Lipinski definition) is 2. The van der Waals surface area contributed by atoms with Gasteiger partial charge in [0.15, 0.2) is 0 Å². The Morgan fingerprint density at radius 1 is 1.44 bits per heavy atom. The molecule has 0 spiro atoms. The van der Waals surface area contributed by atoms with E-state index in [1.807, 2.05) is 0 Å². The highest BCUT2D eigenvalue weighted by Gasteiger charge is 2.53. The molecule has 3 aliphatic carbocycles. The van der Waals surface area contributed by atoms with Gasteiger partial charge in [0.25, 0.3) is 0 Å². The van der Waals surface area contributed by atoms with E-state index < -0.39 is 0 Å². The highest BCUT2D eigenvalue weighted by atomic mass is 16.5. The summed E-state index contributed by atoms with van der Waals surface area (Å²) in [4.78, 5) is 0. The quantitative estimate of drug-likeness (QED) is 0.557. The van der Waals surface area contributed by atoms with Gasteiger partial charge in [-0.2, -0.15) is 0 Å². The second-order valence-corrected chi connectivity index (χ2v) is 3.51. The number of rotatable bonds is 1. The third-order valence-corrected chi connectivity index (χ3v) is 2.77. The minimum Gasteiger partial charge on any atom is -0.381 e. The van der Waals surface area contributed by atoms with Crippen molar-refractivity contribution in [3.05, 3.63) is 0 Å². The topological polar surface area (TPSA) is 35.2 Å². The predicted molar refractivity (Wildman–Crippen MR) is 35.1 cm³/mol. The van der Waals surface area contributed by atoms with Gasteiger partial charge in [-0.05, 0) is 25.2 Å². The molecule has 1 atom stereocenters. The lowest BCUT2D eigenvalue weighted by molar-refractivity contribution is 0.0741. The first-order valence-electron chi connectivity index (χ1n) is 3.55. The van der Waals surface area contributed by atoms with Crippen LogP contribution in [0.3, 0.4) is 0 Å². The second kappa shape index (κ2) is 1.50. The van der Waals surface area contributed by atoms with Gasteiger partial charge in [-0.1, -0.05) is 0 Å². The Labute approximate surface area is 55.4 Å². The SMILES string of the molecule is COC1CC2(N)CC1C2. The van der Waals surface area contributed by atoms with E-state index in [4.69, 9.17) is 10.5 Å². The van der Waals surface area contributed by atoms with E-state index in [1.54, 1.807) is 7.11 Å². The Balaban J connectivity index is 2.06. The molecule has 2 N–H and O–H groups in total. The van der Waals surface area contributed by atoms with Gasteiger partial charge in [0, 0.05) is 12.6 Å². The Bertz CT molecular complexity index is 129. The fraction of sp³-hybridized carbons (Fsp3) is 1.00. The molecular formula is C7H13NO. The molecule has 0 heterocycles. The van der Waals surface area contributed by atoms with Crippen LogP contribution in [0.15, 0.2) is 0 Å². The Morgan fingerprint density at radius 3 is 2.33 bits per heavy atom. The van der Waals surface area contributed by atoms with Gasteiger partial charge in [0.2, 0.25) is 0 Å². The minimum absolute atomic E-state index is 0.186. The van der Waals surface area contributed by atoms with Crippen molar-refractivity contribution in [2.24, 2.45) is 11.7 Å². The van der Waals surface area contributed by atoms with Crippen LogP contribution in [0.5, 0.6) is 0 Å². The minimum atomic E-state index is 0.186. The third kappa shape index (κ3) is 0.634. The van der Waals surface area contributed by atoms with E-state index in [1.165, 1.54) is 12.8 Å². The van der Waals surface area contributed by atoms with Crippen LogP contribution in [0.4, 0.5) is 0 Å². The van der Waals surface area contributed by atoms with Crippen LogP contribution < -0.4 is 5.73 Å². The van der Waals surface area contributed by atoms with Crippen LogP contribution in [0.25, 0.3) is 0 Å². The lowest BCUT2D eigenvalue weighted by atomic mass is 9.78. The third-order valence-electron chi connectivity index (χ3n) is 2.77. The van der Waals surface area contributed by atoms with Crippen molar-refractivity contribution in [2.75, 3.05) is 7.11 Å². The highest BCUT2D eigenvalue weighted by molar-refractivity contribution is 5.10. The maximum atomic E-state index is 5.93. The van der Waals surface area contributed by atoms with Crippen molar-refractivity contribution in [1.82, 2.24) is 0 Å². The van der Waals surface area contributed by atoms with Crippen molar-refractivity contribution < 1.29 is 4.74 Å². The molecule has 0 saturated heterocycles. The summed E-state index contributed by atoms with van der Waals surface area (Å²) in [5.41, 5.74) is 6.12. The van der Waals surface area contributed by atoms with Gasteiger partial charge in [-0.25, -0.2) is 0 Å². The van der Waals surface area contributed by atoms with Gasteiger partial charge in [0.05, 0.1) is 6.10 Å². The number of methoxy groups -OCH3 is 1. The average molecular weight is 127 g/mol. The summed E-state index contributed by atoms with van der Waals surface area (Å²) in [5, 5.41) is 0. The number of fused-ring (bicyclic) bond motifs is 1. The van der Waals surface area contributed by atoms with E-state index in [0.29, 0.717) is 6.10 Å². The molecule has 0 radical (unpaired) electrons. The molecule has 0 aromatic rings. The van der Waals surface area contributed by atoms with Crippen molar-refractivity contribution in [1.29, 1.82) is 0 Å². The molecule has 2 bridgehead atoms. The first kappa shape index (κ1) is 5.69. The largest absolute Gasteiger partial charge is 0.381 e. The summed E-state index contributed by atoms with van der Waals surface area (Å²) in [6.07, 6.45) is 3.97. The normalized spacial score (nSPS) is 55.3. The Hall–Kier alpha value is -0.0800. The molecule has 3 rings (SSSR count). The second-order valence-electron chi connectivity index (χ2n) is 3.51. The maximum Gasteiger partial charge on any atom is 0.0618 e. The zero-order chi connectivity index (χ0) is 6.48. The molecule has 3 aliphatic rings. The average Bonchev–Trinajstić information content (AvgIpc) is 2.18. The first-order chi connectivity index (χ1) is 4.23. The molecule has 2 heteroatoms. The monoisotopic (exact) mass is 127 g/mol. The summed E-state index contributed by atoms with van der Waals surface area (Å²) in [7, 11) is 1.79. The standard InChI is InChI=1S/C7H13NO/c1-9-6-4-7(8)2-5(6)3-7/h5-6H,2-4,8H2,1H3. The predicted octanol–water partition coefficient (Wildman–Crippen LogP) is 0.513. The van der Waals surface area contributed by atoms with Crippen molar-refractivity contribution in [2.45, 2.75) is 30.9 Å². The number of ether oxygens (including phenoxy) is 1. The molecule has 9 heavy (non-hydrogen) atoms. The molecule has 52 valence electrons. The summed E-state index contributed by atoms with van der Waals surface area (Å²) >= 11 is 0. The number of nitrogens with two attached hydrogens (primary N) is 1. The summed E-state index contributed by atoms with van der Waals surface area (Å²) < 4.78 is 5.25. The fourth-order valence-electron chi connectivity index (χ4n) is 2.26. The zero-order valence-corrected chi connectivity index (χ0v) is 5.76. The zero-order valence-electron chi connectivity index (χ0n) is 5.76. The lowest BCUT2D eigenvalue weighted by Gasteiger charge is -2.33. The molecule has 0 aliphatic heterocycles. The van der Waals surface area contributed by atoms with Crippen LogP contribution in [0, 0.1) is 5.92 Å². The van der Waals surface area contributed by atoms with Gasteiger partial charge >= 0.3 is 0 Å². The van der Waals surface area contributed by atoms with E-state index >= 15 is 0 Å². The van der Waals surface area contributed by atoms with Gasteiger partial charge < -0.3 is 10.5 Å². The molecule has 3 saturated carbocycles. The van der Waals surface area contributed by atoms with E-state index in [0.717, 1.165) is 12.3 Å². The first-order valence-corrected chi connectivity index (χ1v) is 3.55. The van der Waals surface area contributed by atoms with Gasteiger partial charge in [-0.15, -0.1) is 0 Å². The van der Waals surface area contributed by atoms with E-state index in [9.17, 15) is 0 Å². The molecular weight excluding hydrogens is 114 g/mol. The van der Waals surface area contributed by atoms with Crippen LogP contribution >= 0.6 is 0 Å². The summed E-state index contributed by atoms with van der Waals surface area (Å²) in [6.45, 7) is 0. The molecule has 0 aromatic carbocycles. The fourth-order valence-corrected chi connectivity index (χ4v) is 2.26. The molecule has 0 aromatic heterocycles.